The van der Waals surface area contributed by atoms with Crippen molar-refractivity contribution in [3.63, 3.8) is 0 Å². The van der Waals surface area contributed by atoms with Gasteiger partial charge in [-0.25, -0.2) is 4.79 Å². The van der Waals surface area contributed by atoms with Crippen LogP contribution in [-0.2, 0) is 19.3 Å². The highest BCUT2D eigenvalue weighted by Gasteiger charge is 2.29. The average Bonchev–Trinajstić information content (AvgIpc) is 3.03. The molecule has 0 spiro atoms. The number of H-pyrrole nitrogens is 1. The molecule has 27 heavy (non-hydrogen) atoms. The fourth-order valence-electron chi connectivity index (χ4n) is 2.40. The number of benzene rings is 1. The molecule has 0 aliphatic carbocycles. The van der Waals surface area contributed by atoms with Crippen LogP contribution in [-0.4, -0.2) is 37.6 Å². The zero-order valence-corrected chi connectivity index (χ0v) is 14.1. The van der Waals surface area contributed by atoms with E-state index in [1.165, 1.54) is 34.7 Å². The van der Waals surface area contributed by atoms with Gasteiger partial charge in [0.2, 0.25) is 5.65 Å². The van der Waals surface area contributed by atoms with Gasteiger partial charge in [-0.2, -0.15) is 13.2 Å². The first-order valence-corrected chi connectivity index (χ1v) is 7.82. The molecule has 2 heterocycles. The summed E-state index contributed by atoms with van der Waals surface area (Å²) in [5.41, 5.74) is -0.496. The summed E-state index contributed by atoms with van der Waals surface area (Å²) in [5.74, 6) is 0.392. The van der Waals surface area contributed by atoms with Gasteiger partial charge in [0, 0.05) is 26.0 Å². The lowest BCUT2D eigenvalue weighted by molar-refractivity contribution is -0.137. The van der Waals surface area contributed by atoms with Gasteiger partial charge >= 0.3 is 12.2 Å². The third kappa shape index (κ3) is 4.07. The Morgan fingerprint density at radius 3 is 2.63 bits per heavy atom. The molecule has 0 aliphatic rings. The van der Waals surface area contributed by atoms with E-state index < -0.39 is 23.3 Å². The maximum absolute atomic E-state index is 12.5. The Morgan fingerprint density at radius 1 is 1.26 bits per heavy atom. The van der Waals surface area contributed by atoms with Crippen LogP contribution >= 0.6 is 0 Å². The lowest BCUT2D eigenvalue weighted by Crippen LogP contribution is -2.36. The number of fused-ring (bicyclic) bond motifs is 1. The Morgan fingerprint density at radius 2 is 1.96 bits per heavy atom. The molecule has 2 aromatic heterocycles. The van der Waals surface area contributed by atoms with Crippen molar-refractivity contribution >= 4 is 11.7 Å². The van der Waals surface area contributed by atoms with Crippen LogP contribution < -0.4 is 10.9 Å². The molecule has 3 rings (SSSR count). The molecule has 0 fully saturated rings. The van der Waals surface area contributed by atoms with Crippen LogP contribution in [0.2, 0.25) is 0 Å². The molecule has 0 unspecified atom stereocenters. The molecule has 11 heteroatoms. The van der Waals surface area contributed by atoms with Gasteiger partial charge in [0.25, 0.3) is 5.56 Å². The summed E-state index contributed by atoms with van der Waals surface area (Å²) in [6, 6.07) is 4.09. The summed E-state index contributed by atoms with van der Waals surface area (Å²) in [6.07, 6.45) is -1.39. The van der Waals surface area contributed by atoms with Crippen molar-refractivity contribution in [2.24, 2.45) is 0 Å². The standard InChI is InChI=1S/C16H15F3N6O2/c1-24(9-12-22-23-13-14(26)20-6-7-25(12)13)15(27)21-8-10-2-4-11(5-3-10)16(17,18)19/h2-7H,8-9H2,1H3,(H,20,26)(H,21,27). The van der Waals surface area contributed by atoms with Crippen LogP contribution in [0.1, 0.15) is 17.0 Å². The van der Waals surface area contributed by atoms with Gasteiger partial charge < -0.3 is 15.2 Å². The molecule has 1 aromatic carbocycles. The minimum Gasteiger partial charge on any atom is -0.334 e. The van der Waals surface area contributed by atoms with Crippen molar-refractivity contribution in [3.8, 4) is 0 Å². The van der Waals surface area contributed by atoms with Gasteiger partial charge in [0.05, 0.1) is 12.1 Å². The summed E-state index contributed by atoms with van der Waals surface area (Å²) >= 11 is 0. The van der Waals surface area contributed by atoms with Gasteiger partial charge in [-0.3, -0.25) is 9.20 Å². The minimum absolute atomic E-state index is 0.0710. The van der Waals surface area contributed by atoms with E-state index >= 15 is 0 Å². The van der Waals surface area contributed by atoms with Crippen molar-refractivity contribution in [2.75, 3.05) is 7.05 Å². The molecule has 142 valence electrons. The van der Waals surface area contributed by atoms with Crippen molar-refractivity contribution in [2.45, 2.75) is 19.3 Å². The highest BCUT2D eigenvalue weighted by molar-refractivity contribution is 5.73. The van der Waals surface area contributed by atoms with E-state index in [0.29, 0.717) is 11.4 Å². The van der Waals surface area contributed by atoms with Crippen molar-refractivity contribution in [1.82, 2.24) is 29.8 Å². The number of nitrogens with one attached hydrogen (secondary N) is 2. The summed E-state index contributed by atoms with van der Waals surface area (Å²) in [7, 11) is 1.52. The number of rotatable bonds is 4. The van der Waals surface area contributed by atoms with Crippen LogP contribution in [0.3, 0.4) is 0 Å². The van der Waals surface area contributed by atoms with E-state index in [2.05, 4.69) is 20.5 Å². The van der Waals surface area contributed by atoms with E-state index in [-0.39, 0.29) is 18.7 Å². The number of amides is 2. The second-order valence-electron chi connectivity index (χ2n) is 5.81. The summed E-state index contributed by atoms with van der Waals surface area (Å²) < 4.78 is 39.1. The predicted molar refractivity (Wildman–Crippen MR) is 88.8 cm³/mol. The zero-order chi connectivity index (χ0) is 19.6. The Balaban J connectivity index is 1.60. The number of aromatic nitrogens is 4. The van der Waals surface area contributed by atoms with E-state index in [1.807, 2.05) is 0 Å². The number of halogens is 3. The molecule has 0 atom stereocenters. The van der Waals surface area contributed by atoms with Gasteiger partial charge in [-0.05, 0) is 17.7 Å². The molecule has 0 radical (unpaired) electrons. The second kappa shape index (κ2) is 7.09. The molecule has 2 amide bonds. The number of nitrogens with zero attached hydrogens (tertiary/aromatic N) is 4. The van der Waals surface area contributed by atoms with Gasteiger partial charge in [0.1, 0.15) is 0 Å². The molecule has 2 N–H and O–H groups in total. The molecule has 0 aliphatic heterocycles. The lowest BCUT2D eigenvalue weighted by atomic mass is 10.1. The maximum atomic E-state index is 12.5. The summed E-state index contributed by atoms with van der Waals surface area (Å²) in [5, 5.41) is 10.3. The molecule has 0 saturated carbocycles. The summed E-state index contributed by atoms with van der Waals surface area (Å²) in [4.78, 5) is 27.6. The van der Waals surface area contributed by atoms with Crippen LogP contribution in [0.25, 0.3) is 5.65 Å². The first-order valence-electron chi connectivity index (χ1n) is 7.82. The number of hydrogen-bond acceptors (Lipinski definition) is 4. The Labute approximate surface area is 150 Å². The number of carbonyl (C=O) groups is 1. The number of hydrogen-bond donors (Lipinski definition) is 2. The lowest BCUT2D eigenvalue weighted by Gasteiger charge is -2.17. The maximum Gasteiger partial charge on any atom is 0.416 e. The number of urea groups is 1. The molecule has 3 aromatic rings. The third-order valence-electron chi connectivity index (χ3n) is 3.86. The van der Waals surface area contributed by atoms with Crippen LogP contribution in [0.15, 0.2) is 41.5 Å². The van der Waals surface area contributed by atoms with Crippen LogP contribution in [0, 0.1) is 0 Å². The SMILES string of the molecule is CN(Cc1nnc2c(=O)[nH]ccn12)C(=O)NCc1ccc(C(F)(F)F)cc1. The first kappa shape index (κ1) is 18.4. The van der Waals surface area contributed by atoms with Gasteiger partial charge in [-0.1, -0.05) is 12.1 Å². The monoisotopic (exact) mass is 380 g/mol. The Bertz CT molecular complexity index is 1010. The molecular weight excluding hydrogens is 365 g/mol. The highest BCUT2D eigenvalue weighted by atomic mass is 19.4. The number of carbonyl (C=O) groups excluding carboxylic acids is 1. The first-order chi connectivity index (χ1) is 12.8. The third-order valence-corrected chi connectivity index (χ3v) is 3.86. The quantitative estimate of drug-likeness (QED) is 0.721. The number of aromatic amines is 1. The number of alkyl halides is 3. The smallest absolute Gasteiger partial charge is 0.334 e. The van der Waals surface area contributed by atoms with Gasteiger partial charge in [0.15, 0.2) is 5.82 Å². The molecule has 8 nitrogen and oxygen atoms in total. The van der Waals surface area contributed by atoms with E-state index in [9.17, 15) is 22.8 Å². The highest BCUT2D eigenvalue weighted by Crippen LogP contribution is 2.29. The molecular formula is C16H15F3N6O2. The minimum atomic E-state index is -4.40. The van der Waals surface area contributed by atoms with Crippen molar-refractivity contribution < 1.29 is 18.0 Å². The van der Waals surface area contributed by atoms with E-state index in [0.717, 1.165) is 12.1 Å². The van der Waals surface area contributed by atoms with Crippen molar-refractivity contribution in [3.05, 3.63) is 64.0 Å². The van der Waals surface area contributed by atoms with E-state index in [4.69, 9.17) is 0 Å². The largest absolute Gasteiger partial charge is 0.416 e. The zero-order valence-electron chi connectivity index (χ0n) is 14.1. The average molecular weight is 380 g/mol. The normalized spacial score (nSPS) is 11.6. The molecule has 0 bridgehead atoms. The van der Waals surface area contributed by atoms with Crippen LogP contribution in [0.5, 0.6) is 0 Å². The summed E-state index contributed by atoms with van der Waals surface area (Å²) in [6.45, 7) is 0.158. The van der Waals surface area contributed by atoms with E-state index in [1.54, 1.807) is 6.20 Å². The Kier molecular flexibility index (Phi) is 4.84. The molecule has 0 saturated heterocycles. The van der Waals surface area contributed by atoms with Crippen molar-refractivity contribution in [1.29, 1.82) is 0 Å². The van der Waals surface area contributed by atoms with Gasteiger partial charge in [-0.15, -0.1) is 10.2 Å². The second-order valence-corrected chi connectivity index (χ2v) is 5.81. The fraction of sp³-hybridized carbons (Fsp3) is 0.250. The topological polar surface area (TPSA) is 95.4 Å². The Hall–Kier alpha value is -3.37. The fourth-order valence-corrected chi connectivity index (χ4v) is 2.40. The van der Waals surface area contributed by atoms with Crippen LogP contribution in [0.4, 0.5) is 18.0 Å². The predicted octanol–water partition coefficient (Wildman–Crippen LogP) is 1.78.